The Morgan fingerprint density at radius 2 is 1.77 bits per heavy atom. The number of carbonyl (C=O) groups is 2. The van der Waals surface area contributed by atoms with Crippen LogP contribution in [0.2, 0.25) is 0 Å². The minimum Gasteiger partial charge on any atom is -0.507 e. The summed E-state index contributed by atoms with van der Waals surface area (Å²) in [5, 5.41) is 27.1. The minimum absolute atomic E-state index is 0.0278. The number of fused-ring (bicyclic) bond motifs is 2. The summed E-state index contributed by atoms with van der Waals surface area (Å²) in [6.45, 7) is -0.445. The van der Waals surface area contributed by atoms with E-state index in [1.54, 1.807) is 0 Å². The molecule has 3 N–H and O–H groups in total. The van der Waals surface area contributed by atoms with Crippen molar-refractivity contribution in [2.75, 3.05) is 0 Å². The van der Waals surface area contributed by atoms with E-state index in [-0.39, 0.29) is 39.3 Å². The second-order valence-corrected chi connectivity index (χ2v) is 7.74. The number of rotatable bonds is 2. The Labute approximate surface area is 162 Å². The summed E-state index contributed by atoms with van der Waals surface area (Å²) >= 11 is 16.8. The molecular weight excluding hydrogens is 405 g/mol. The third-order valence-electron chi connectivity index (χ3n) is 3.80. The first-order valence-corrected chi connectivity index (χ1v) is 8.31. The molecular formula is C17H10Cl3NO5. The zero-order chi connectivity index (χ0) is 19.2. The summed E-state index contributed by atoms with van der Waals surface area (Å²) in [5.41, 5.74) is -0.0976. The Morgan fingerprint density at radius 3 is 2.38 bits per heavy atom. The summed E-state index contributed by atoms with van der Waals surface area (Å²) in [6, 6.07) is 6.74. The van der Waals surface area contributed by atoms with E-state index in [1.807, 2.05) is 0 Å². The smallest absolute Gasteiger partial charge is 0.266 e. The number of ketones is 2. The van der Waals surface area contributed by atoms with Gasteiger partial charge in [0.05, 0.1) is 17.7 Å². The van der Waals surface area contributed by atoms with E-state index in [9.17, 15) is 19.8 Å². The number of alkyl halides is 3. The number of ether oxygens (including phenoxy) is 1. The van der Waals surface area contributed by atoms with Crippen LogP contribution in [0.4, 0.5) is 0 Å². The Morgan fingerprint density at radius 1 is 1.08 bits per heavy atom. The topological polar surface area (TPSA) is 108 Å². The number of phenols is 1. The van der Waals surface area contributed by atoms with Crippen LogP contribution in [-0.2, 0) is 6.61 Å². The van der Waals surface area contributed by atoms with Crippen LogP contribution in [0, 0.1) is 5.41 Å². The molecule has 2 aromatic rings. The Balaban J connectivity index is 2.24. The number of carbonyl (C=O) groups excluding carboxylic acids is 2. The van der Waals surface area contributed by atoms with Gasteiger partial charge in [0.25, 0.3) is 3.79 Å². The normalized spacial score (nSPS) is 13.2. The first kappa shape index (κ1) is 18.7. The lowest BCUT2D eigenvalue weighted by Gasteiger charge is -2.22. The molecule has 0 saturated carbocycles. The Bertz CT molecular complexity index is 966. The molecule has 6 nitrogen and oxygen atoms in total. The summed E-state index contributed by atoms with van der Waals surface area (Å²) in [7, 11) is 0. The van der Waals surface area contributed by atoms with Crippen molar-refractivity contribution in [3.63, 3.8) is 0 Å². The maximum Gasteiger partial charge on any atom is 0.266 e. The average molecular weight is 415 g/mol. The molecule has 0 bridgehead atoms. The highest BCUT2D eigenvalue weighted by Gasteiger charge is 2.37. The lowest BCUT2D eigenvalue weighted by Crippen LogP contribution is -2.27. The number of hydrogen-bond acceptors (Lipinski definition) is 6. The highest BCUT2D eigenvalue weighted by atomic mass is 35.6. The SMILES string of the molecule is N=C(Oc1cc(CO)cc2c1C(=O)c1c(O)cccc1C2=O)C(Cl)(Cl)Cl. The number of halogens is 3. The van der Waals surface area contributed by atoms with Crippen LogP contribution in [0.15, 0.2) is 30.3 Å². The monoisotopic (exact) mass is 413 g/mol. The van der Waals surface area contributed by atoms with Gasteiger partial charge in [-0.2, -0.15) is 0 Å². The van der Waals surface area contributed by atoms with Gasteiger partial charge >= 0.3 is 0 Å². The first-order chi connectivity index (χ1) is 12.1. The first-order valence-electron chi connectivity index (χ1n) is 7.18. The summed E-state index contributed by atoms with van der Waals surface area (Å²) in [5.74, 6) is -2.59. The fourth-order valence-electron chi connectivity index (χ4n) is 2.66. The van der Waals surface area contributed by atoms with Crippen molar-refractivity contribution in [3.8, 4) is 11.5 Å². The van der Waals surface area contributed by atoms with Crippen LogP contribution >= 0.6 is 34.8 Å². The maximum absolute atomic E-state index is 12.9. The van der Waals surface area contributed by atoms with Crippen molar-refractivity contribution in [1.29, 1.82) is 5.41 Å². The Hall–Kier alpha value is -2.12. The zero-order valence-electron chi connectivity index (χ0n) is 12.8. The molecule has 0 saturated heterocycles. The van der Waals surface area contributed by atoms with Gasteiger partial charge in [-0.05, 0) is 23.8 Å². The average Bonchev–Trinajstić information content (AvgIpc) is 2.57. The van der Waals surface area contributed by atoms with Gasteiger partial charge in [0.2, 0.25) is 11.7 Å². The van der Waals surface area contributed by atoms with Crippen molar-refractivity contribution in [2.24, 2.45) is 0 Å². The molecule has 1 aliphatic rings. The van der Waals surface area contributed by atoms with Crippen molar-refractivity contribution in [2.45, 2.75) is 10.4 Å². The molecule has 0 unspecified atom stereocenters. The lowest BCUT2D eigenvalue weighted by atomic mass is 9.82. The molecule has 0 aromatic heterocycles. The summed E-state index contributed by atoms with van der Waals surface area (Å²) < 4.78 is 3.02. The number of phenolic OH excluding ortho intramolecular Hbond substituents is 1. The number of nitrogens with one attached hydrogen (secondary N) is 1. The highest BCUT2D eigenvalue weighted by molar-refractivity contribution is 6.76. The third-order valence-corrected chi connectivity index (χ3v) is 4.31. The molecule has 1 aliphatic carbocycles. The zero-order valence-corrected chi connectivity index (χ0v) is 15.1. The number of benzene rings is 2. The van der Waals surface area contributed by atoms with Crippen LogP contribution in [0.1, 0.15) is 37.4 Å². The molecule has 0 radical (unpaired) electrons. The molecule has 0 fully saturated rings. The van der Waals surface area contributed by atoms with E-state index in [0.29, 0.717) is 0 Å². The molecule has 0 heterocycles. The third kappa shape index (κ3) is 3.05. The van der Waals surface area contributed by atoms with Crippen LogP contribution in [0.5, 0.6) is 11.5 Å². The molecule has 134 valence electrons. The van der Waals surface area contributed by atoms with Crippen molar-refractivity contribution < 1.29 is 24.5 Å². The fraction of sp³-hybridized carbons (Fsp3) is 0.118. The van der Waals surface area contributed by atoms with Crippen LogP contribution in [0.25, 0.3) is 0 Å². The van der Waals surface area contributed by atoms with Gasteiger partial charge in [-0.3, -0.25) is 15.0 Å². The standard InChI is InChI=1S/C17H10Cl3NO5/c18-17(19,20)16(21)26-11-5-7(6-22)4-9-13(11)15(25)12-8(14(9)24)2-1-3-10(12)23/h1-5,21-23H,6H2. The van der Waals surface area contributed by atoms with Crippen LogP contribution in [0.3, 0.4) is 0 Å². The van der Waals surface area contributed by atoms with Gasteiger partial charge in [-0.15, -0.1) is 0 Å². The predicted octanol–water partition coefficient (Wildman–Crippen LogP) is 3.39. The Kier molecular flexibility index (Phi) is 4.71. The van der Waals surface area contributed by atoms with Gasteiger partial charge in [0.1, 0.15) is 11.5 Å². The molecule has 0 atom stereocenters. The quantitative estimate of drug-likeness (QED) is 0.338. The maximum atomic E-state index is 12.9. The highest BCUT2D eigenvalue weighted by Crippen LogP contribution is 2.39. The lowest BCUT2D eigenvalue weighted by molar-refractivity contribution is 0.0974. The number of aliphatic hydroxyl groups is 1. The van der Waals surface area contributed by atoms with E-state index >= 15 is 0 Å². The predicted molar refractivity (Wildman–Crippen MR) is 96.0 cm³/mol. The van der Waals surface area contributed by atoms with E-state index in [1.165, 1.54) is 30.3 Å². The van der Waals surface area contributed by atoms with Gasteiger partial charge in [-0.1, -0.05) is 46.9 Å². The van der Waals surface area contributed by atoms with Gasteiger partial charge in [0.15, 0.2) is 5.78 Å². The molecule has 2 aromatic carbocycles. The van der Waals surface area contributed by atoms with Crippen LogP contribution < -0.4 is 4.74 Å². The van der Waals surface area contributed by atoms with Gasteiger partial charge in [0, 0.05) is 11.1 Å². The van der Waals surface area contributed by atoms with Crippen molar-refractivity contribution in [1.82, 2.24) is 0 Å². The number of hydrogen-bond donors (Lipinski definition) is 3. The molecule has 26 heavy (non-hydrogen) atoms. The molecule has 0 amide bonds. The van der Waals surface area contributed by atoms with Gasteiger partial charge < -0.3 is 14.9 Å². The fourth-order valence-corrected chi connectivity index (χ4v) is 2.78. The molecule has 0 spiro atoms. The van der Waals surface area contributed by atoms with Crippen molar-refractivity contribution >= 4 is 52.3 Å². The van der Waals surface area contributed by atoms with E-state index in [2.05, 4.69) is 0 Å². The van der Waals surface area contributed by atoms with Gasteiger partial charge in [-0.25, -0.2) is 0 Å². The van der Waals surface area contributed by atoms with E-state index < -0.39 is 27.9 Å². The second kappa shape index (κ2) is 6.55. The van der Waals surface area contributed by atoms with Crippen molar-refractivity contribution in [3.05, 3.63) is 58.1 Å². The number of aliphatic hydroxyl groups excluding tert-OH is 1. The molecule has 9 heteroatoms. The summed E-state index contributed by atoms with van der Waals surface area (Å²) in [6.07, 6.45) is 0. The number of aromatic hydroxyl groups is 1. The van der Waals surface area contributed by atoms with E-state index in [0.717, 1.165) is 0 Å². The van der Waals surface area contributed by atoms with Crippen LogP contribution in [-0.4, -0.2) is 31.5 Å². The summed E-state index contributed by atoms with van der Waals surface area (Å²) in [4.78, 5) is 25.7. The molecule has 3 rings (SSSR count). The second-order valence-electron chi connectivity index (χ2n) is 5.46. The molecule has 0 aliphatic heterocycles. The minimum atomic E-state index is -2.19. The van der Waals surface area contributed by atoms with E-state index in [4.69, 9.17) is 44.9 Å². The largest absolute Gasteiger partial charge is 0.507 e.